The quantitative estimate of drug-likeness (QED) is 0.693. The van der Waals surface area contributed by atoms with Crippen LogP contribution < -0.4 is 5.32 Å². The lowest BCUT2D eigenvalue weighted by Crippen LogP contribution is -2.53. The van der Waals surface area contributed by atoms with Crippen molar-refractivity contribution < 1.29 is 14.3 Å². The van der Waals surface area contributed by atoms with E-state index in [1.165, 1.54) is 19.3 Å². The number of carbonyl (C=O) groups is 2. The molecule has 5 rings (SSSR count). The van der Waals surface area contributed by atoms with Gasteiger partial charge in [0.05, 0.1) is 18.8 Å². The van der Waals surface area contributed by atoms with Crippen molar-refractivity contribution >= 4 is 11.8 Å². The predicted molar refractivity (Wildman–Crippen MR) is 110 cm³/mol. The zero-order valence-electron chi connectivity index (χ0n) is 17.4. The molecule has 4 bridgehead atoms. The predicted octanol–water partition coefficient (Wildman–Crippen LogP) is 2.78. The topological polar surface area (TPSA) is 71.5 Å². The van der Waals surface area contributed by atoms with Gasteiger partial charge in [-0.1, -0.05) is 6.07 Å². The van der Waals surface area contributed by atoms with Crippen LogP contribution in [0.25, 0.3) is 0 Å². The first kappa shape index (κ1) is 20.3. The Bertz CT molecular complexity index is 686. The van der Waals surface area contributed by atoms with Crippen molar-refractivity contribution in [3.63, 3.8) is 0 Å². The second kappa shape index (κ2) is 8.82. The van der Waals surface area contributed by atoms with E-state index in [-0.39, 0.29) is 17.2 Å². The summed E-state index contributed by atoms with van der Waals surface area (Å²) in [6, 6.07) is 5.71. The zero-order valence-corrected chi connectivity index (χ0v) is 17.4. The Labute approximate surface area is 173 Å². The highest BCUT2D eigenvalue weighted by molar-refractivity contribution is 5.84. The number of hydrogen-bond donors (Lipinski definition) is 1. The molecule has 0 unspecified atom stereocenters. The van der Waals surface area contributed by atoms with Crippen LogP contribution in [0.5, 0.6) is 0 Å². The first-order valence-corrected chi connectivity index (χ1v) is 11.0. The van der Waals surface area contributed by atoms with E-state index in [9.17, 15) is 9.59 Å². The molecule has 158 valence electrons. The maximum absolute atomic E-state index is 13.0. The third-order valence-corrected chi connectivity index (χ3v) is 7.14. The highest BCUT2D eigenvalue weighted by Gasteiger charge is 2.54. The third-order valence-electron chi connectivity index (χ3n) is 7.14. The van der Waals surface area contributed by atoms with Crippen LogP contribution >= 0.6 is 0 Å². The van der Waals surface area contributed by atoms with Gasteiger partial charge in [0.2, 0.25) is 11.8 Å². The van der Waals surface area contributed by atoms with Gasteiger partial charge in [-0.15, -0.1) is 0 Å². The number of nitrogens with zero attached hydrogens (tertiary/aromatic N) is 2. The summed E-state index contributed by atoms with van der Waals surface area (Å²) in [7, 11) is 1.63. The van der Waals surface area contributed by atoms with Gasteiger partial charge in [0.25, 0.3) is 0 Å². The number of hydrogen-bond acceptors (Lipinski definition) is 4. The number of aromatic nitrogens is 1. The molecule has 6 heteroatoms. The molecule has 0 aromatic carbocycles. The van der Waals surface area contributed by atoms with Gasteiger partial charge >= 0.3 is 0 Å². The van der Waals surface area contributed by atoms with Crippen molar-refractivity contribution in [2.24, 2.45) is 23.2 Å². The van der Waals surface area contributed by atoms with Crippen LogP contribution in [0.1, 0.15) is 50.6 Å². The van der Waals surface area contributed by atoms with E-state index in [2.05, 4.69) is 10.3 Å². The van der Waals surface area contributed by atoms with Gasteiger partial charge in [-0.05, 0) is 68.4 Å². The summed E-state index contributed by atoms with van der Waals surface area (Å²) < 4.78 is 5.16. The fourth-order valence-corrected chi connectivity index (χ4v) is 6.20. The van der Waals surface area contributed by atoms with E-state index in [1.807, 2.05) is 18.2 Å². The van der Waals surface area contributed by atoms with E-state index in [0.717, 1.165) is 42.7 Å². The summed E-state index contributed by atoms with van der Waals surface area (Å²) in [5, 5.41) is 3.11. The van der Waals surface area contributed by atoms with Gasteiger partial charge in [-0.25, -0.2) is 0 Å². The van der Waals surface area contributed by atoms with Crippen LogP contribution in [-0.4, -0.2) is 48.5 Å². The van der Waals surface area contributed by atoms with Gasteiger partial charge in [-0.3, -0.25) is 14.6 Å². The van der Waals surface area contributed by atoms with Crippen molar-refractivity contribution in [3.8, 4) is 0 Å². The van der Waals surface area contributed by atoms with Gasteiger partial charge in [0.15, 0.2) is 0 Å². The number of rotatable bonds is 9. The first-order valence-electron chi connectivity index (χ1n) is 11.0. The molecule has 1 heterocycles. The van der Waals surface area contributed by atoms with E-state index < -0.39 is 0 Å². The van der Waals surface area contributed by atoms with Crippen LogP contribution in [0, 0.1) is 23.2 Å². The number of nitrogens with one attached hydrogen (secondary N) is 1. The van der Waals surface area contributed by atoms with Crippen LogP contribution in [0.15, 0.2) is 24.4 Å². The SMILES string of the molecule is COCCN(Cc1ccccn1)C(=O)CCNC(=O)C12CC3CC(CC(C3)C1)C2. The fourth-order valence-electron chi connectivity index (χ4n) is 6.20. The normalized spacial score (nSPS) is 29.6. The number of amides is 2. The van der Waals surface area contributed by atoms with E-state index in [0.29, 0.717) is 32.7 Å². The van der Waals surface area contributed by atoms with E-state index in [4.69, 9.17) is 4.74 Å². The van der Waals surface area contributed by atoms with Crippen LogP contribution in [-0.2, 0) is 20.9 Å². The molecule has 0 saturated heterocycles. The Kier molecular flexibility index (Phi) is 6.18. The van der Waals surface area contributed by atoms with Crippen molar-refractivity contribution in [2.45, 2.75) is 51.5 Å². The highest BCUT2D eigenvalue weighted by atomic mass is 16.5. The average Bonchev–Trinajstić information content (AvgIpc) is 2.70. The summed E-state index contributed by atoms with van der Waals surface area (Å²) in [6.07, 6.45) is 9.19. The molecule has 4 saturated carbocycles. The van der Waals surface area contributed by atoms with Crippen molar-refractivity contribution in [2.75, 3.05) is 26.8 Å². The lowest BCUT2D eigenvalue weighted by atomic mass is 9.49. The second-order valence-corrected chi connectivity index (χ2v) is 9.33. The second-order valence-electron chi connectivity index (χ2n) is 9.33. The molecule has 1 aromatic heterocycles. The minimum Gasteiger partial charge on any atom is -0.383 e. The number of pyridine rings is 1. The number of methoxy groups -OCH3 is 1. The van der Waals surface area contributed by atoms with E-state index >= 15 is 0 Å². The summed E-state index contributed by atoms with van der Waals surface area (Å²) >= 11 is 0. The van der Waals surface area contributed by atoms with Crippen LogP contribution in [0.2, 0.25) is 0 Å². The summed E-state index contributed by atoms with van der Waals surface area (Å²) in [6.45, 7) is 1.88. The first-order chi connectivity index (χ1) is 14.1. The Morgan fingerprint density at radius 3 is 2.45 bits per heavy atom. The fraction of sp³-hybridized carbons (Fsp3) is 0.696. The van der Waals surface area contributed by atoms with Crippen molar-refractivity contribution in [1.29, 1.82) is 0 Å². The molecule has 0 atom stereocenters. The maximum Gasteiger partial charge on any atom is 0.226 e. The van der Waals surface area contributed by atoms with Gasteiger partial charge in [0, 0.05) is 38.2 Å². The Balaban J connectivity index is 1.29. The summed E-state index contributed by atoms with van der Waals surface area (Å²) in [5.74, 6) is 2.46. The molecule has 6 nitrogen and oxygen atoms in total. The van der Waals surface area contributed by atoms with Gasteiger partial charge in [-0.2, -0.15) is 0 Å². The summed E-state index contributed by atoms with van der Waals surface area (Å²) in [4.78, 5) is 31.9. The Morgan fingerprint density at radius 1 is 1.17 bits per heavy atom. The molecule has 4 fully saturated rings. The third kappa shape index (κ3) is 4.63. The lowest BCUT2D eigenvalue weighted by Gasteiger charge is -2.55. The molecule has 4 aliphatic rings. The summed E-state index contributed by atoms with van der Waals surface area (Å²) in [5.41, 5.74) is 0.705. The molecule has 4 aliphatic carbocycles. The number of ether oxygens (including phenoxy) is 1. The van der Waals surface area contributed by atoms with Crippen LogP contribution in [0.3, 0.4) is 0 Å². The van der Waals surface area contributed by atoms with Crippen LogP contribution in [0.4, 0.5) is 0 Å². The molecule has 0 radical (unpaired) electrons. The smallest absolute Gasteiger partial charge is 0.226 e. The monoisotopic (exact) mass is 399 g/mol. The van der Waals surface area contributed by atoms with Gasteiger partial charge < -0.3 is 15.0 Å². The Morgan fingerprint density at radius 2 is 1.86 bits per heavy atom. The Hall–Kier alpha value is -1.95. The molecule has 29 heavy (non-hydrogen) atoms. The number of carbonyl (C=O) groups excluding carboxylic acids is 2. The minimum absolute atomic E-state index is 0.0264. The van der Waals surface area contributed by atoms with Crippen molar-refractivity contribution in [3.05, 3.63) is 30.1 Å². The molecule has 0 spiro atoms. The molecule has 1 N–H and O–H groups in total. The largest absolute Gasteiger partial charge is 0.383 e. The molecular weight excluding hydrogens is 366 g/mol. The standard InChI is InChI=1S/C23H33N3O3/c1-29-9-8-26(16-20-4-2-3-6-24-20)21(27)5-7-25-22(28)23-13-17-10-18(14-23)12-19(11-17)15-23/h2-4,6,17-19H,5,7-16H2,1H3,(H,25,28). The van der Waals surface area contributed by atoms with E-state index in [1.54, 1.807) is 18.2 Å². The minimum atomic E-state index is -0.151. The van der Waals surface area contributed by atoms with Gasteiger partial charge in [0.1, 0.15) is 0 Å². The molecule has 2 amide bonds. The molecule has 1 aromatic rings. The lowest BCUT2D eigenvalue weighted by molar-refractivity contribution is -0.146. The maximum atomic E-state index is 13.0. The van der Waals surface area contributed by atoms with Crippen molar-refractivity contribution in [1.82, 2.24) is 15.2 Å². The highest BCUT2D eigenvalue weighted by Crippen LogP contribution is 2.60. The molecular formula is C23H33N3O3. The zero-order chi connectivity index (χ0) is 20.3. The average molecular weight is 400 g/mol. The molecule has 0 aliphatic heterocycles.